The molecule has 51 heavy (non-hydrogen) atoms. The number of ether oxygens (including phenoxy) is 2. The minimum Gasteiger partial charge on any atom is -0.508 e. The maximum Gasteiger partial charge on any atom is 0.319 e. The molecular weight excluding hydrogens is 648 g/mol. The minimum absolute atomic E-state index is 0.0268. The quantitative estimate of drug-likeness (QED) is 0.196. The molecule has 5 fully saturated rings. The first-order valence-corrected chi connectivity index (χ1v) is 18.5. The van der Waals surface area contributed by atoms with Gasteiger partial charge in [0.25, 0.3) is 0 Å². The van der Waals surface area contributed by atoms with Crippen LogP contribution in [0.25, 0.3) is 32.8 Å². The second-order valence-corrected chi connectivity index (χ2v) is 16.3. The Labute approximate surface area is 297 Å². The molecular formula is C41H45F2N5O3. The summed E-state index contributed by atoms with van der Waals surface area (Å²) in [6.07, 6.45) is 12.5. The summed E-state index contributed by atoms with van der Waals surface area (Å²) >= 11 is 0. The average molecular weight is 694 g/mol. The van der Waals surface area contributed by atoms with E-state index in [0.29, 0.717) is 57.2 Å². The summed E-state index contributed by atoms with van der Waals surface area (Å²) in [6.45, 7) is 10.8. The van der Waals surface area contributed by atoms with Gasteiger partial charge in [-0.3, -0.25) is 0 Å². The fourth-order valence-corrected chi connectivity index (χ4v) is 9.33. The van der Waals surface area contributed by atoms with Crippen LogP contribution in [0, 0.1) is 34.8 Å². The maximum atomic E-state index is 17.5. The topological polar surface area (TPSA) is 83.0 Å². The van der Waals surface area contributed by atoms with Crippen molar-refractivity contribution in [2.45, 2.75) is 70.4 Å². The van der Waals surface area contributed by atoms with Crippen molar-refractivity contribution < 1.29 is 23.4 Å². The monoisotopic (exact) mass is 693 g/mol. The van der Waals surface area contributed by atoms with Crippen molar-refractivity contribution in [1.29, 1.82) is 0 Å². The van der Waals surface area contributed by atoms with Crippen LogP contribution in [0.5, 0.6) is 11.8 Å². The van der Waals surface area contributed by atoms with E-state index < -0.39 is 11.6 Å². The van der Waals surface area contributed by atoms with E-state index in [2.05, 4.69) is 21.0 Å². The zero-order valence-corrected chi connectivity index (χ0v) is 29.4. The van der Waals surface area contributed by atoms with Gasteiger partial charge in [-0.1, -0.05) is 25.8 Å². The van der Waals surface area contributed by atoms with Crippen LogP contribution in [-0.2, 0) is 4.74 Å². The van der Waals surface area contributed by atoms with E-state index in [4.69, 9.17) is 25.9 Å². The molecule has 4 aromatic rings. The van der Waals surface area contributed by atoms with E-state index in [-0.39, 0.29) is 39.7 Å². The molecule has 3 aromatic carbocycles. The number of terminal acetylenes is 1. The highest BCUT2D eigenvalue weighted by Gasteiger charge is 2.49. The number of phenols is 1. The number of likely N-dealkylation sites (tertiary alicyclic amines) is 1. The molecule has 9 rings (SSSR count). The summed E-state index contributed by atoms with van der Waals surface area (Å²) in [5, 5.41) is 16.0. The van der Waals surface area contributed by atoms with Gasteiger partial charge in [-0.05, 0) is 91.8 Å². The molecule has 0 amide bonds. The maximum absolute atomic E-state index is 17.5. The van der Waals surface area contributed by atoms with Gasteiger partial charge in [0.1, 0.15) is 22.9 Å². The Morgan fingerprint density at radius 2 is 1.90 bits per heavy atom. The Kier molecular flexibility index (Phi) is 7.91. The number of phenolic OH excluding ortho intramolecular Hbond substituents is 1. The Hall–Kier alpha value is -4.04. The van der Waals surface area contributed by atoms with Gasteiger partial charge >= 0.3 is 6.01 Å². The highest BCUT2D eigenvalue weighted by molar-refractivity contribution is 6.05. The van der Waals surface area contributed by atoms with Crippen LogP contribution >= 0.6 is 0 Å². The molecule has 5 heterocycles. The SMILES string of the molecule is C#Cc1c(F)ccc2cc(O)cc(-c3c(C(C)C)cc4c(N5CC6CCC(C5)N6)nc(OCC5(CN6CCC7(CCOC7)C6)CC5)nc4c3F)c12. The summed E-state index contributed by atoms with van der Waals surface area (Å²) in [7, 11) is 0. The summed E-state index contributed by atoms with van der Waals surface area (Å²) in [6, 6.07) is 8.66. The standard InChI is InChI=1S/C41H45F2N5O3/c1-4-29-33(42)8-5-25-15-28(49)16-31(34(25)29)35-30(24(2)3)17-32-37(36(35)43)45-39(46-38(32)48-18-26-6-7-27(19-48)44-26)51-23-40(9-10-40)20-47-13-11-41(21-47)12-14-50-22-41/h1,5,8,15-17,24,26-27,44,49H,6-7,9-14,18-23H2,2-3H3. The number of aromatic nitrogens is 2. The van der Waals surface area contributed by atoms with Crippen molar-refractivity contribution in [1.82, 2.24) is 20.2 Å². The van der Waals surface area contributed by atoms with Gasteiger partial charge in [-0.15, -0.1) is 6.42 Å². The number of aromatic hydroxyl groups is 1. The van der Waals surface area contributed by atoms with E-state index in [1.165, 1.54) is 24.6 Å². The number of hydrogen-bond donors (Lipinski definition) is 2. The molecule has 3 atom stereocenters. The average Bonchev–Trinajstić information content (AvgIpc) is 3.36. The van der Waals surface area contributed by atoms with Crippen LogP contribution in [0.2, 0.25) is 0 Å². The predicted molar refractivity (Wildman–Crippen MR) is 194 cm³/mol. The molecule has 1 spiro atoms. The summed E-state index contributed by atoms with van der Waals surface area (Å²) in [5.41, 5.74) is 1.77. The van der Waals surface area contributed by atoms with E-state index >= 15 is 8.78 Å². The van der Waals surface area contributed by atoms with Crippen LogP contribution in [-0.4, -0.2) is 84.6 Å². The van der Waals surface area contributed by atoms with Crippen molar-refractivity contribution >= 4 is 27.5 Å². The Morgan fingerprint density at radius 3 is 2.61 bits per heavy atom. The van der Waals surface area contributed by atoms with Crippen molar-refractivity contribution in [3.05, 3.63) is 53.1 Å². The van der Waals surface area contributed by atoms with E-state index in [1.807, 2.05) is 19.9 Å². The Balaban J connectivity index is 1.15. The highest BCUT2D eigenvalue weighted by Crippen LogP contribution is 2.49. The van der Waals surface area contributed by atoms with Crippen molar-refractivity contribution in [3.8, 4) is 35.2 Å². The van der Waals surface area contributed by atoms with Crippen LogP contribution in [0.4, 0.5) is 14.6 Å². The Bertz CT molecular complexity index is 2070. The molecule has 10 heteroatoms. The minimum atomic E-state index is -0.576. The molecule has 0 radical (unpaired) electrons. The molecule has 4 saturated heterocycles. The van der Waals surface area contributed by atoms with Crippen molar-refractivity contribution in [3.63, 3.8) is 0 Å². The normalized spacial score (nSPS) is 25.5. The third-order valence-corrected chi connectivity index (χ3v) is 12.3. The van der Waals surface area contributed by atoms with Crippen LogP contribution < -0.4 is 15.0 Å². The first-order chi connectivity index (χ1) is 24.6. The largest absolute Gasteiger partial charge is 0.508 e. The fourth-order valence-electron chi connectivity index (χ4n) is 9.33. The van der Waals surface area contributed by atoms with Gasteiger partial charge in [0, 0.05) is 72.0 Å². The Morgan fingerprint density at radius 1 is 1.10 bits per heavy atom. The lowest BCUT2D eigenvalue weighted by molar-refractivity contribution is 0.138. The number of anilines is 1. The number of piperazine rings is 1. The van der Waals surface area contributed by atoms with E-state index in [0.717, 1.165) is 78.0 Å². The third kappa shape index (κ3) is 5.78. The van der Waals surface area contributed by atoms with Gasteiger partial charge in [0.05, 0.1) is 18.8 Å². The number of rotatable bonds is 8. The van der Waals surface area contributed by atoms with Crippen LogP contribution in [0.3, 0.4) is 0 Å². The molecule has 5 aliphatic rings. The van der Waals surface area contributed by atoms with Gasteiger partial charge < -0.3 is 29.7 Å². The van der Waals surface area contributed by atoms with E-state index in [1.54, 1.807) is 6.07 Å². The number of nitrogens with one attached hydrogen (secondary N) is 1. The molecule has 4 aliphatic heterocycles. The number of benzene rings is 3. The van der Waals surface area contributed by atoms with Gasteiger partial charge in [0.2, 0.25) is 0 Å². The smallest absolute Gasteiger partial charge is 0.319 e. The van der Waals surface area contributed by atoms with Gasteiger partial charge in [-0.2, -0.15) is 9.97 Å². The first kappa shape index (κ1) is 32.8. The molecule has 1 saturated carbocycles. The number of fused-ring (bicyclic) bond motifs is 4. The number of hydrogen-bond acceptors (Lipinski definition) is 8. The first-order valence-electron chi connectivity index (χ1n) is 18.5. The van der Waals surface area contributed by atoms with E-state index in [9.17, 15) is 5.11 Å². The second kappa shape index (κ2) is 12.3. The van der Waals surface area contributed by atoms with Gasteiger partial charge in [0.15, 0.2) is 5.82 Å². The molecule has 3 unspecified atom stereocenters. The molecule has 1 aliphatic carbocycles. The lowest BCUT2D eigenvalue weighted by Crippen LogP contribution is -2.51. The molecule has 2 bridgehead atoms. The lowest BCUT2D eigenvalue weighted by atomic mass is 9.86. The van der Waals surface area contributed by atoms with Gasteiger partial charge in [-0.25, -0.2) is 8.78 Å². The molecule has 2 N–H and O–H groups in total. The lowest BCUT2D eigenvalue weighted by Gasteiger charge is -2.34. The third-order valence-electron chi connectivity index (χ3n) is 12.3. The number of nitrogens with zero attached hydrogens (tertiary/aromatic N) is 4. The molecule has 266 valence electrons. The zero-order chi connectivity index (χ0) is 35.1. The van der Waals surface area contributed by atoms with Crippen molar-refractivity contribution in [2.24, 2.45) is 10.8 Å². The van der Waals surface area contributed by atoms with Crippen LogP contribution in [0.1, 0.15) is 69.4 Å². The molecule has 8 nitrogen and oxygen atoms in total. The fraction of sp³-hybridized carbons (Fsp3) is 0.512. The second-order valence-electron chi connectivity index (χ2n) is 16.3. The zero-order valence-electron chi connectivity index (χ0n) is 29.4. The summed E-state index contributed by atoms with van der Waals surface area (Å²) in [4.78, 5) is 14.7. The predicted octanol–water partition coefficient (Wildman–Crippen LogP) is 6.75. The summed E-state index contributed by atoms with van der Waals surface area (Å²) in [5.74, 6) is 1.81. The summed E-state index contributed by atoms with van der Waals surface area (Å²) < 4.78 is 44.9. The van der Waals surface area contributed by atoms with Crippen LogP contribution in [0.15, 0.2) is 30.3 Å². The molecule has 1 aromatic heterocycles. The van der Waals surface area contributed by atoms with Crippen molar-refractivity contribution in [2.75, 3.05) is 57.4 Å². The highest BCUT2D eigenvalue weighted by atomic mass is 19.1. The number of halogens is 2.